The molecule has 0 aliphatic carbocycles. The molecule has 0 saturated carbocycles. The zero-order valence-corrected chi connectivity index (χ0v) is 9.24. The van der Waals surface area contributed by atoms with Crippen LogP contribution in [0.3, 0.4) is 0 Å². The first-order chi connectivity index (χ1) is 6.79. The van der Waals surface area contributed by atoms with Crippen molar-refractivity contribution in [3.63, 3.8) is 0 Å². The first kappa shape index (κ1) is 11.0. The maximum atomic E-state index is 3.84. The number of hydrogen-bond acceptors (Lipinski definition) is 0. The van der Waals surface area contributed by atoms with Gasteiger partial charge in [0.15, 0.2) is 0 Å². The Balaban J connectivity index is 2.82. The smallest absolute Gasteiger partial charge is 0.0102 e. The molecule has 0 spiro atoms. The molecule has 0 unspecified atom stereocenters. The zero-order valence-electron chi connectivity index (χ0n) is 9.24. The van der Waals surface area contributed by atoms with E-state index in [4.69, 9.17) is 0 Å². The highest BCUT2D eigenvalue weighted by molar-refractivity contribution is 5.20. The third kappa shape index (κ3) is 2.73. The summed E-state index contributed by atoms with van der Waals surface area (Å²) >= 11 is 0. The second-order valence-corrected chi connectivity index (χ2v) is 3.93. The second kappa shape index (κ2) is 5.64. The van der Waals surface area contributed by atoms with Crippen molar-refractivity contribution in [2.24, 2.45) is 5.92 Å². The number of allylic oxidation sites excluding steroid dienone is 1. The van der Waals surface area contributed by atoms with Gasteiger partial charge in [-0.05, 0) is 23.8 Å². The van der Waals surface area contributed by atoms with E-state index in [0.29, 0.717) is 5.92 Å². The molecule has 1 rings (SSSR count). The highest BCUT2D eigenvalue weighted by Gasteiger charge is 2.15. The van der Waals surface area contributed by atoms with E-state index in [2.05, 4.69) is 50.8 Å². The molecule has 1 aromatic carbocycles. The predicted molar refractivity (Wildman–Crippen MR) is 63.5 cm³/mol. The Morgan fingerprint density at radius 2 is 1.93 bits per heavy atom. The van der Waals surface area contributed by atoms with Crippen LogP contribution in [0.25, 0.3) is 0 Å². The van der Waals surface area contributed by atoms with Crippen LogP contribution in [0.2, 0.25) is 0 Å². The molecule has 0 N–H and O–H groups in total. The fourth-order valence-corrected chi connectivity index (χ4v) is 1.86. The summed E-state index contributed by atoms with van der Waals surface area (Å²) in [5, 5.41) is 0. The number of benzene rings is 1. The molecule has 0 aliphatic rings. The highest BCUT2D eigenvalue weighted by Crippen LogP contribution is 2.29. The summed E-state index contributed by atoms with van der Waals surface area (Å²) in [5.41, 5.74) is 1.45. The monoisotopic (exact) mass is 188 g/mol. The topological polar surface area (TPSA) is 0 Å². The van der Waals surface area contributed by atoms with Gasteiger partial charge in [-0.15, -0.1) is 6.58 Å². The summed E-state index contributed by atoms with van der Waals surface area (Å²) in [4.78, 5) is 0. The third-order valence-corrected chi connectivity index (χ3v) is 2.98. The summed E-state index contributed by atoms with van der Waals surface area (Å²) in [6.45, 7) is 8.42. The van der Waals surface area contributed by atoms with Crippen LogP contribution >= 0.6 is 0 Å². The molecule has 0 aromatic heterocycles. The van der Waals surface area contributed by atoms with Crippen molar-refractivity contribution in [3.8, 4) is 0 Å². The van der Waals surface area contributed by atoms with Gasteiger partial charge < -0.3 is 0 Å². The zero-order chi connectivity index (χ0) is 10.4. The van der Waals surface area contributed by atoms with Crippen LogP contribution in [-0.4, -0.2) is 0 Å². The minimum Gasteiger partial charge on any atom is -0.103 e. The van der Waals surface area contributed by atoms with Crippen LogP contribution in [0.15, 0.2) is 43.0 Å². The quantitative estimate of drug-likeness (QED) is 0.601. The highest BCUT2D eigenvalue weighted by atomic mass is 14.2. The van der Waals surface area contributed by atoms with Gasteiger partial charge in [0, 0.05) is 0 Å². The van der Waals surface area contributed by atoms with E-state index in [9.17, 15) is 0 Å². The number of rotatable bonds is 5. The minimum atomic E-state index is 0.638. The van der Waals surface area contributed by atoms with Gasteiger partial charge in [-0.25, -0.2) is 0 Å². The molecular formula is C14H20. The van der Waals surface area contributed by atoms with Gasteiger partial charge >= 0.3 is 0 Å². The van der Waals surface area contributed by atoms with Gasteiger partial charge in [-0.1, -0.05) is 56.7 Å². The first-order valence-electron chi connectivity index (χ1n) is 5.45. The lowest BCUT2D eigenvalue weighted by Gasteiger charge is -2.22. The van der Waals surface area contributed by atoms with Gasteiger partial charge in [-0.3, -0.25) is 0 Å². The standard InChI is InChI=1S/C14H20/c1-4-9-14(12(3)5-2)13-10-7-6-8-11-13/h4,6-8,10-12,14H,1,5,9H2,2-3H3/t12-,14-/m1/s1. The van der Waals surface area contributed by atoms with Gasteiger partial charge in [0.25, 0.3) is 0 Å². The van der Waals surface area contributed by atoms with Gasteiger partial charge in [0.2, 0.25) is 0 Å². The maximum Gasteiger partial charge on any atom is -0.0102 e. The Hall–Kier alpha value is -1.04. The van der Waals surface area contributed by atoms with Crippen LogP contribution in [0, 0.1) is 5.92 Å². The predicted octanol–water partition coefficient (Wildman–Crippen LogP) is 4.39. The van der Waals surface area contributed by atoms with Crippen molar-refractivity contribution in [3.05, 3.63) is 48.6 Å². The second-order valence-electron chi connectivity index (χ2n) is 3.93. The Morgan fingerprint density at radius 1 is 1.29 bits per heavy atom. The van der Waals surface area contributed by atoms with E-state index in [-0.39, 0.29) is 0 Å². The average Bonchev–Trinajstić information content (AvgIpc) is 2.26. The summed E-state index contributed by atoms with van der Waals surface area (Å²) in [6.07, 6.45) is 4.34. The summed E-state index contributed by atoms with van der Waals surface area (Å²) in [7, 11) is 0. The van der Waals surface area contributed by atoms with Crippen LogP contribution < -0.4 is 0 Å². The molecule has 0 heteroatoms. The van der Waals surface area contributed by atoms with Crippen molar-refractivity contribution in [2.75, 3.05) is 0 Å². The Morgan fingerprint density at radius 3 is 2.43 bits per heavy atom. The summed E-state index contributed by atoms with van der Waals surface area (Å²) in [5.74, 6) is 1.37. The molecule has 0 nitrogen and oxygen atoms in total. The summed E-state index contributed by atoms with van der Waals surface area (Å²) < 4.78 is 0. The summed E-state index contributed by atoms with van der Waals surface area (Å²) in [6, 6.07) is 10.8. The molecule has 0 heterocycles. The third-order valence-electron chi connectivity index (χ3n) is 2.98. The lowest BCUT2D eigenvalue weighted by Crippen LogP contribution is -2.08. The molecular weight excluding hydrogens is 168 g/mol. The van der Waals surface area contributed by atoms with Gasteiger partial charge in [0.1, 0.15) is 0 Å². The molecule has 0 fully saturated rings. The van der Waals surface area contributed by atoms with E-state index in [1.165, 1.54) is 12.0 Å². The molecule has 2 atom stereocenters. The largest absolute Gasteiger partial charge is 0.103 e. The fraction of sp³-hybridized carbons (Fsp3) is 0.429. The molecule has 14 heavy (non-hydrogen) atoms. The Kier molecular flexibility index (Phi) is 4.45. The minimum absolute atomic E-state index is 0.638. The van der Waals surface area contributed by atoms with Crippen molar-refractivity contribution in [2.45, 2.75) is 32.6 Å². The van der Waals surface area contributed by atoms with Crippen molar-refractivity contribution >= 4 is 0 Å². The van der Waals surface area contributed by atoms with Gasteiger partial charge in [-0.2, -0.15) is 0 Å². The van der Waals surface area contributed by atoms with Crippen LogP contribution in [-0.2, 0) is 0 Å². The van der Waals surface area contributed by atoms with E-state index in [1.54, 1.807) is 0 Å². The molecule has 0 radical (unpaired) electrons. The molecule has 0 aliphatic heterocycles. The lowest BCUT2D eigenvalue weighted by molar-refractivity contribution is 0.448. The van der Waals surface area contributed by atoms with Crippen LogP contribution in [0.1, 0.15) is 38.2 Å². The number of hydrogen-bond donors (Lipinski definition) is 0. The molecule has 0 amide bonds. The van der Waals surface area contributed by atoms with Crippen molar-refractivity contribution in [1.82, 2.24) is 0 Å². The van der Waals surface area contributed by atoms with Crippen molar-refractivity contribution in [1.29, 1.82) is 0 Å². The van der Waals surface area contributed by atoms with E-state index in [0.717, 1.165) is 12.3 Å². The van der Waals surface area contributed by atoms with Crippen molar-refractivity contribution < 1.29 is 0 Å². The Bertz CT molecular complexity index is 261. The lowest BCUT2D eigenvalue weighted by atomic mass is 9.83. The fourth-order valence-electron chi connectivity index (χ4n) is 1.86. The van der Waals surface area contributed by atoms with Crippen LogP contribution in [0.4, 0.5) is 0 Å². The average molecular weight is 188 g/mol. The van der Waals surface area contributed by atoms with E-state index in [1.807, 2.05) is 6.08 Å². The first-order valence-corrected chi connectivity index (χ1v) is 5.45. The molecule has 0 bridgehead atoms. The van der Waals surface area contributed by atoms with Gasteiger partial charge in [0.05, 0.1) is 0 Å². The molecule has 0 saturated heterocycles. The molecule has 76 valence electrons. The van der Waals surface area contributed by atoms with Crippen LogP contribution in [0.5, 0.6) is 0 Å². The normalized spacial score (nSPS) is 14.7. The maximum absolute atomic E-state index is 3.84. The van der Waals surface area contributed by atoms with E-state index >= 15 is 0 Å². The SMILES string of the molecule is C=CC[C@@H](c1ccccc1)[C@H](C)CC. The van der Waals surface area contributed by atoms with E-state index < -0.39 is 0 Å². The molecule has 1 aromatic rings. The Labute approximate surface area is 87.7 Å².